The molecule has 2 atom stereocenters. The quantitative estimate of drug-likeness (QED) is 0.807. The summed E-state index contributed by atoms with van der Waals surface area (Å²) in [7, 11) is 0. The van der Waals surface area contributed by atoms with Crippen LogP contribution < -0.4 is 10.6 Å². The SMILES string of the molecule is Nc1ccc(N2CC3CCC(C2)N3C2CC2)cc1. The molecule has 0 aromatic heterocycles. The lowest BCUT2D eigenvalue weighted by molar-refractivity contribution is 0.159. The van der Waals surface area contributed by atoms with E-state index in [-0.39, 0.29) is 0 Å². The van der Waals surface area contributed by atoms with Gasteiger partial charge in [0.05, 0.1) is 0 Å². The molecule has 2 bridgehead atoms. The number of benzene rings is 1. The number of nitrogen functional groups attached to an aromatic ring is 1. The van der Waals surface area contributed by atoms with Gasteiger partial charge >= 0.3 is 0 Å². The maximum Gasteiger partial charge on any atom is 0.0368 e. The topological polar surface area (TPSA) is 32.5 Å². The van der Waals surface area contributed by atoms with E-state index in [1.165, 1.54) is 44.5 Å². The maximum atomic E-state index is 5.77. The van der Waals surface area contributed by atoms with Gasteiger partial charge in [0.15, 0.2) is 0 Å². The van der Waals surface area contributed by atoms with E-state index in [4.69, 9.17) is 5.73 Å². The lowest BCUT2D eigenvalue weighted by Gasteiger charge is -2.42. The monoisotopic (exact) mass is 243 g/mol. The standard InChI is InChI=1S/C15H21N3/c16-11-1-3-12(4-2-11)17-9-14-7-8-15(10-17)18(14)13-5-6-13/h1-4,13-15H,5-10,16H2. The third kappa shape index (κ3) is 1.69. The predicted molar refractivity (Wildman–Crippen MR) is 74.7 cm³/mol. The van der Waals surface area contributed by atoms with Crippen LogP contribution in [0.3, 0.4) is 0 Å². The van der Waals surface area contributed by atoms with Crippen molar-refractivity contribution < 1.29 is 0 Å². The summed E-state index contributed by atoms with van der Waals surface area (Å²) >= 11 is 0. The van der Waals surface area contributed by atoms with Gasteiger partial charge in [-0.1, -0.05) is 0 Å². The molecule has 1 aromatic carbocycles. The highest BCUT2D eigenvalue weighted by molar-refractivity contribution is 5.54. The number of hydrogen-bond donors (Lipinski definition) is 1. The highest BCUT2D eigenvalue weighted by Gasteiger charge is 2.46. The van der Waals surface area contributed by atoms with Gasteiger partial charge in [0.2, 0.25) is 0 Å². The maximum absolute atomic E-state index is 5.77. The van der Waals surface area contributed by atoms with Crippen LogP contribution in [0.4, 0.5) is 11.4 Å². The van der Waals surface area contributed by atoms with Crippen LogP contribution in [0, 0.1) is 0 Å². The van der Waals surface area contributed by atoms with Crippen molar-refractivity contribution in [1.82, 2.24) is 4.90 Å². The van der Waals surface area contributed by atoms with Crippen molar-refractivity contribution in [1.29, 1.82) is 0 Å². The Balaban J connectivity index is 1.54. The molecule has 18 heavy (non-hydrogen) atoms. The molecule has 2 N–H and O–H groups in total. The zero-order chi connectivity index (χ0) is 12.1. The van der Waals surface area contributed by atoms with E-state index in [9.17, 15) is 0 Å². The number of nitrogens with zero attached hydrogens (tertiary/aromatic N) is 2. The molecule has 3 nitrogen and oxygen atoms in total. The van der Waals surface area contributed by atoms with Crippen molar-refractivity contribution in [2.24, 2.45) is 0 Å². The number of hydrogen-bond acceptors (Lipinski definition) is 3. The number of piperazine rings is 1. The average Bonchev–Trinajstić information content (AvgIpc) is 3.18. The second-order valence-corrected chi connectivity index (χ2v) is 6.06. The summed E-state index contributed by atoms with van der Waals surface area (Å²) in [4.78, 5) is 5.38. The molecule has 2 saturated heterocycles. The predicted octanol–water partition coefficient (Wildman–Crippen LogP) is 2.08. The van der Waals surface area contributed by atoms with Crippen LogP contribution in [0.15, 0.2) is 24.3 Å². The third-order valence-corrected chi connectivity index (χ3v) is 4.77. The van der Waals surface area contributed by atoms with Crippen LogP contribution in [0.1, 0.15) is 25.7 Å². The molecule has 2 aliphatic heterocycles. The smallest absolute Gasteiger partial charge is 0.0368 e. The molecule has 1 aromatic rings. The van der Waals surface area contributed by atoms with Crippen molar-refractivity contribution in [3.8, 4) is 0 Å². The van der Waals surface area contributed by atoms with Gasteiger partial charge in [-0.2, -0.15) is 0 Å². The zero-order valence-corrected chi connectivity index (χ0v) is 10.8. The Labute approximate surface area is 109 Å². The van der Waals surface area contributed by atoms with E-state index in [0.29, 0.717) is 0 Å². The molecular formula is C15H21N3. The zero-order valence-electron chi connectivity index (χ0n) is 10.8. The molecule has 2 heterocycles. The summed E-state index contributed by atoms with van der Waals surface area (Å²) in [5.41, 5.74) is 7.97. The van der Waals surface area contributed by atoms with Gasteiger partial charge in [-0.05, 0) is 49.9 Å². The molecule has 4 rings (SSSR count). The van der Waals surface area contributed by atoms with Crippen molar-refractivity contribution in [2.45, 2.75) is 43.8 Å². The Bertz CT molecular complexity index is 424. The Kier molecular flexibility index (Phi) is 2.31. The molecule has 3 fully saturated rings. The molecule has 3 heteroatoms. The van der Waals surface area contributed by atoms with E-state index in [2.05, 4.69) is 21.9 Å². The first kappa shape index (κ1) is 10.7. The molecule has 0 spiro atoms. The molecule has 1 aliphatic carbocycles. The van der Waals surface area contributed by atoms with Crippen molar-refractivity contribution in [3.05, 3.63) is 24.3 Å². The van der Waals surface area contributed by atoms with Crippen LogP contribution >= 0.6 is 0 Å². The number of fused-ring (bicyclic) bond motifs is 2. The minimum Gasteiger partial charge on any atom is -0.399 e. The summed E-state index contributed by atoms with van der Waals surface area (Å²) < 4.78 is 0. The second-order valence-electron chi connectivity index (χ2n) is 6.06. The van der Waals surface area contributed by atoms with Crippen LogP contribution in [0.2, 0.25) is 0 Å². The van der Waals surface area contributed by atoms with Crippen LogP contribution in [-0.2, 0) is 0 Å². The highest BCUT2D eigenvalue weighted by Crippen LogP contribution is 2.40. The number of nitrogens with two attached hydrogens (primary N) is 1. The van der Waals surface area contributed by atoms with Gasteiger partial charge in [-0.15, -0.1) is 0 Å². The Hall–Kier alpha value is -1.22. The lowest BCUT2D eigenvalue weighted by Crippen LogP contribution is -2.54. The highest BCUT2D eigenvalue weighted by atomic mass is 15.4. The summed E-state index contributed by atoms with van der Waals surface area (Å²) in [5.74, 6) is 0. The van der Waals surface area contributed by atoms with Crippen LogP contribution in [0.25, 0.3) is 0 Å². The van der Waals surface area contributed by atoms with Gasteiger partial charge in [0.1, 0.15) is 0 Å². The third-order valence-electron chi connectivity index (χ3n) is 4.77. The fourth-order valence-corrected chi connectivity index (χ4v) is 3.80. The van der Waals surface area contributed by atoms with E-state index in [0.717, 1.165) is 23.8 Å². The van der Waals surface area contributed by atoms with Crippen LogP contribution in [0.5, 0.6) is 0 Å². The van der Waals surface area contributed by atoms with Gasteiger partial charge in [0, 0.05) is 42.6 Å². The first-order chi connectivity index (χ1) is 8.81. The molecule has 0 radical (unpaired) electrons. The Morgan fingerprint density at radius 2 is 1.39 bits per heavy atom. The molecular weight excluding hydrogens is 222 g/mol. The average molecular weight is 243 g/mol. The first-order valence-electron chi connectivity index (χ1n) is 7.19. The summed E-state index contributed by atoms with van der Waals surface area (Å²) in [6.45, 7) is 2.41. The largest absolute Gasteiger partial charge is 0.399 e. The summed E-state index contributed by atoms with van der Waals surface area (Å²) in [6, 6.07) is 10.9. The van der Waals surface area contributed by atoms with E-state index < -0.39 is 0 Å². The molecule has 1 saturated carbocycles. The second kappa shape index (κ2) is 3.89. The van der Waals surface area contributed by atoms with Crippen molar-refractivity contribution in [2.75, 3.05) is 23.7 Å². The fraction of sp³-hybridized carbons (Fsp3) is 0.600. The minimum atomic E-state index is 0.800. The van der Waals surface area contributed by atoms with Crippen molar-refractivity contribution in [3.63, 3.8) is 0 Å². The summed E-state index contributed by atoms with van der Waals surface area (Å²) in [5, 5.41) is 0. The number of anilines is 2. The molecule has 0 amide bonds. The minimum absolute atomic E-state index is 0.800. The van der Waals surface area contributed by atoms with Crippen molar-refractivity contribution >= 4 is 11.4 Å². The van der Waals surface area contributed by atoms with E-state index in [1.54, 1.807) is 0 Å². The van der Waals surface area contributed by atoms with Gasteiger partial charge in [-0.25, -0.2) is 0 Å². The molecule has 2 unspecified atom stereocenters. The van der Waals surface area contributed by atoms with Gasteiger partial charge in [0.25, 0.3) is 0 Å². The number of rotatable bonds is 2. The van der Waals surface area contributed by atoms with Crippen LogP contribution in [-0.4, -0.2) is 36.1 Å². The normalized spacial score (nSPS) is 31.9. The van der Waals surface area contributed by atoms with E-state index >= 15 is 0 Å². The molecule has 96 valence electrons. The van der Waals surface area contributed by atoms with Gasteiger partial charge < -0.3 is 10.6 Å². The fourth-order valence-electron chi connectivity index (χ4n) is 3.80. The van der Waals surface area contributed by atoms with E-state index in [1.807, 2.05) is 12.1 Å². The Morgan fingerprint density at radius 3 is 1.94 bits per heavy atom. The van der Waals surface area contributed by atoms with Gasteiger partial charge in [-0.3, -0.25) is 4.90 Å². The molecule has 3 aliphatic rings. The first-order valence-corrected chi connectivity index (χ1v) is 7.19. The Morgan fingerprint density at radius 1 is 0.833 bits per heavy atom. The summed E-state index contributed by atoms with van der Waals surface area (Å²) in [6.07, 6.45) is 5.67. The lowest BCUT2D eigenvalue weighted by atomic mass is 10.1.